The van der Waals surface area contributed by atoms with Crippen LogP contribution in [0, 0.1) is 0 Å². The van der Waals surface area contributed by atoms with Crippen LogP contribution in [0.3, 0.4) is 0 Å². The van der Waals surface area contributed by atoms with E-state index in [2.05, 4.69) is 0 Å². The van der Waals surface area contributed by atoms with Crippen LogP contribution in [0.25, 0.3) is 33.2 Å². The Balaban J connectivity index is 2.19. The van der Waals surface area contributed by atoms with Crippen molar-refractivity contribution in [2.24, 2.45) is 0 Å². The van der Waals surface area contributed by atoms with Gasteiger partial charge in [0.05, 0.1) is 0 Å². The van der Waals surface area contributed by atoms with Gasteiger partial charge >= 0.3 is 5.63 Å². The van der Waals surface area contributed by atoms with E-state index in [0.29, 0.717) is 11.1 Å². The van der Waals surface area contributed by atoms with E-state index in [9.17, 15) is 9.90 Å². The van der Waals surface area contributed by atoms with E-state index in [1.54, 1.807) is 6.07 Å². The highest BCUT2D eigenvalue weighted by molar-refractivity contribution is 6.03. The lowest BCUT2D eigenvalue weighted by Crippen LogP contribution is -2.03. The molecule has 0 spiro atoms. The lowest BCUT2D eigenvalue weighted by molar-refractivity contribution is 0.475. The van der Waals surface area contributed by atoms with Gasteiger partial charge in [0.25, 0.3) is 0 Å². The third-order valence-electron chi connectivity index (χ3n) is 4.04. The molecule has 3 aromatic carbocycles. The van der Waals surface area contributed by atoms with Crippen molar-refractivity contribution in [1.82, 2.24) is 0 Å². The van der Waals surface area contributed by atoms with Gasteiger partial charge in [0.2, 0.25) is 0 Å². The maximum atomic E-state index is 12.5. The SMILES string of the molecule is O=c1oc(-c2ccccc2)c(-c2ccccc2)c2cccc(O)c12. The number of phenolic OH excluding ortho intramolecular Hbond substituents is 1. The fourth-order valence-electron chi connectivity index (χ4n) is 2.96. The Kier molecular flexibility index (Phi) is 3.39. The summed E-state index contributed by atoms with van der Waals surface area (Å²) < 4.78 is 5.63. The molecule has 4 rings (SSSR count). The summed E-state index contributed by atoms with van der Waals surface area (Å²) in [6.07, 6.45) is 0. The molecule has 0 bridgehead atoms. The fourth-order valence-corrected chi connectivity index (χ4v) is 2.96. The molecule has 0 unspecified atom stereocenters. The summed E-state index contributed by atoms with van der Waals surface area (Å²) in [4.78, 5) is 12.5. The first-order valence-corrected chi connectivity index (χ1v) is 7.65. The van der Waals surface area contributed by atoms with E-state index >= 15 is 0 Å². The molecule has 0 aliphatic rings. The van der Waals surface area contributed by atoms with Crippen LogP contribution in [-0.4, -0.2) is 5.11 Å². The summed E-state index contributed by atoms with van der Waals surface area (Å²) in [6, 6.07) is 24.3. The molecule has 0 fully saturated rings. The molecule has 1 aromatic heterocycles. The molecule has 4 aromatic rings. The fraction of sp³-hybridized carbons (Fsp3) is 0. The van der Waals surface area contributed by atoms with E-state index in [4.69, 9.17) is 4.42 Å². The smallest absolute Gasteiger partial charge is 0.348 e. The molecule has 0 radical (unpaired) electrons. The van der Waals surface area contributed by atoms with Crippen molar-refractivity contribution in [3.05, 3.63) is 89.3 Å². The van der Waals surface area contributed by atoms with Gasteiger partial charge in [-0.15, -0.1) is 0 Å². The number of rotatable bonds is 2. The molecule has 116 valence electrons. The molecule has 1 N–H and O–H groups in total. The summed E-state index contributed by atoms with van der Waals surface area (Å²) in [5, 5.41) is 11.0. The van der Waals surface area contributed by atoms with E-state index in [0.717, 1.165) is 16.7 Å². The van der Waals surface area contributed by atoms with Crippen LogP contribution >= 0.6 is 0 Å². The molecule has 3 heteroatoms. The summed E-state index contributed by atoms with van der Waals surface area (Å²) in [5.74, 6) is 0.433. The van der Waals surface area contributed by atoms with Gasteiger partial charge in [-0.2, -0.15) is 0 Å². The van der Waals surface area contributed by atoms with Gasteiger partial charge in [-0.1, -0.05) is 72.8 Å². The molecule has 0 aliphatic carbocycles. The number of hydrogen-bond acceptors (Lipinski definition) is 3. The van der Waals surface area contributed by atoms with E-state index in [1.165, 1.54) is 6.07 Å². The molecule has 0 aliphatic heterocycles. The zero-order valence-corrected chi connectivity index (χ0v) is 12.8. The van der Waals surface area contributed by atoms with Crippen molar-refractivity contribution < 1.29 is 9.52 Å². The Bertz CT molecular complexity index is 1060. The Morgan fingerprint density at radius 1 is 0.708 bits per heavy atom. The van der Waals surface area contributed by atoms with Crippen LogP contribution in [-0.2, 0) is 0 Å². The molecular formula is C21H14O3. The highest BCUT2D eigenvalue weighted by atomic mass is 16.4. The second-order valence-electron chi connectivity index (χ2n) is 5.53. The lowest BCUT2D eigenvalue weighted by Gasteiger charge is -2.12. The van der Waals surface area contributed by atoms with E-state index in [-0.39, 0.29) is 11.1 Å². The lowest BCUT2D eigenvalue weighted by atomic mass is 9.95. The Labute approximate surface area is 138 Å². The molecule has 0 saturated carbocycles. The number of fused-ring (bicyclic) bond motifs is 1. The van der Waals surface area contributed by atoms with Gasteiger partial charge in [-0.05, 0) is 11.6 Å². The van der Waals surface area contributed by atoms with Crippen LogP contribution < -0.4 is 5.63 Å². The summed E-state index contributed by atoms with van der Waals surface area (Å²) >= 11 is 0. The Morgan fingerprint density at radius 2 is 1.33 bits per heavy atom. The standard InChI is InChI=1S/C21H14O3/c22-17-13-7-12-16-18(14-8-3-1-4-9-14)20(24-21(23)19(16)17)15-10-5-2-6-11-15/h1-13,22H. The second kappa shape index (κ2) is 5.70. The van der Waals surface area contributed by atoms with Crippen LogP contribution in [0.5, 0.6) is 5.75 Å². The minimum Gasteiger partial charge on any atom is -0.507 e. The number of aromatic hydroxyl groups is 1. The summed E-state index contributed by atoms with van der Waals surface area (Å²) in [5.41, 5.74) is 2.00. The Morgan fingerprint density at radius 3 is 2.00 bits per heavy atom. The molecule has 1 heterocycles. The number of hydrogen-bond donors (Lipinski definition) is 1. The quantitative estimate of drug-likeness (QED) is 0.576. The second-order valence-corrected chi connectivity index (χ2v) is 5.53. The highest BCUT2D eigenvalue weighted by Gasteiger charge is 2.18. The van der Waals surface area contributed by atoms with Crippen molar-refractivity contribution in [2.75, 3.05) is 0 Å². The predicted octanol–water partition coefficient (Wildman–Crippen LogP) is 4.83. The van der Waals surface area contributed by atoms with Crippen molar-refractivity contribution >= 4 is 10.8 Å². The zero-order valence-electron chi connectivity index (χ0n) is 12.8. The first-order valence-electron chi connectivity index (χ1n) is 7.65. The molecule has 24 heavy (non-hydrogen) atoms. The van der Waals surface area contributed by atoms with Crippen molar-refractivity contribution in [3.8, 4) is 28.2 Å². The zero-order chi connectivity index (χ0) is 16.5. The van der Waals surface area contributed by atoms with Crippen molar-refractivity contribution in [1.29, 1.82) is 0 Å². The van der Waals surface area contributed by atoms with Gasteiger partial charge in [0.1, 0.15) is 16.9 Å². The third-order valence-corrected chi connectivity index (χ3v) is 4.04. The molecule has 0 saturated heterocycles. The molecule has 0 atom stereocenters. The first kappa shape index (κ1) is 14.3. The van der Waals surface area contributed by atoms with Gasteiger partial charge in [-0.3, -0.25) is 0 Å². The highest BCUT2D eigenvalue weighted by Crippen LogP contribution is 2.38. The normalized spacial score (nSPS) is 10.8. The van der Waals surface area contributed by atoms with Gasteiger partial charge in [0, 0.05) is 16.5 Å². The van der Waals surface area contributed by atoms with Gasteiger partial charge < -0.3 is 9.52 Å². The number of benzene rings is 3. The maximum Gasteiger partial charge on any atom is 0.348 e. The predicted molar refractivity (Wildman–Crippen MR) is 95.0 cm³/mol. The topological polar surface area (TPSA) is 50.4 Å². The minimum atomic E-state index is -0.540. The molecular weight excluding hydrogens is 300 g/mol. The molecule has 0 amide bonds. The first-order chi connectivity index (χ1) is 11.8. The van der Waals surface area contributed by atoms with Crippen LogP contribution in [0.15, 0.2) is 88.1 Å². The molecule has 3 nitrogen and oxygen atoms in total. The minimum absolute atomic E-state index is 0.0713. The average Bonchev–Trinajstić information content (AvgIpc) is 2.63. The van der Waals surface area contributed by atoms with Crippen LogP contribution in [0.1, 0.15) is 0 Å². The van der Waals surface area contributed by atoms with Crippen LogP contribution in [0.2, 0.25) is 0 Å². The number of phenols is 1. The van der Waals surface area contributed by atoms with E-state index < -0.39 is 5.63 Å². The largest absolute Gasteiger partial charge is 0.507 e. The van der Waals surface area contributed by atoms with Crippen LogP contribution in [0.4, 0.5) is 0 Å². The monoisotopic (exact) mass is 314 g/mol. The summed E-state index contributed by atoms with van der Waals surface area (Å²) in [7, 11) is 0. The maximum absolute atomic E-state index is 12.5. The third kappa shape index (κ3) is 2.27. The van der Waals surface area contributed by atoms with Crippen molar-refractivity contribution in [3.63, 3.8) is 0 Å². The Hall–Kier alpha value is -3.33. The summed E-state index contributed by atoms with van der Waals surface area (Å²) in [6.45, 7) is 0. The van der Waals surface area contributed by atoms with Crippen molar-refractivity contribution in [2.45, 2.75) is 0 Å². The van der Waals surface area contributed by atoms with E-state index in [1.807, 2.05) is 66.7 Å². The average molecular weight is 314 g/mol. The van der Waals surface area contributed by atoms with Gasteiger partial charge in [-0.25, -0.2) is 4.79 Å². The van der Waals surface area contributed by atoms with Gasteiger partial charge in [0.15, 0.2) is 0 Å².